The first kappa shape index (κ1) is 19.9. The molecule has 1 fully saturated rings. The highest BCUT2D eigenvalue weighted by Gasteiger charge is 2.34. The van der Waals surface area contributed by atoms with Crippen LogP contribution in [0.1, 0.15) is 37.9 Å². The zero-order valence-electron chi connectivity index (χ0n) is 16.2. The average Bonchev–Trinajstić information content (AvgIpc) is 3.15. The van der Waals surface area contributed by atoms with Gasteiger partial charge in [-0.1, -0.05) is 30.3 Å². The van der Waals surface area contributed by atoms with Crippen molar-refractivity contribution in [2.75, 3.05) is 13.1 Å². The third-order valence-electron chi connectivity index (χ3n) is 5.99. The molecular formula is C21H25F3N4O. The van der Waals surface area contributed by atoms with Crippen molar-refractivity contribution in [3.8, 4) is 11.4 Å². The number of fused-ring (bicyclic) bond motifs is 1. The van der Waals surface area contributed by atoms with Gasteiger partial charge in [-0.2, -0.15) is 13.2 Å². The van der Waals surface area contributed by atoms with Crippen molar-refractivity contribution < 1.29 is 18.0 Å². The van der Waals surface area contributed by atoms with E-state index in [1.807, 2.05) is 34.9 Å². The van der Waals surface area contributed by atoms with Gasteiger partial charge in [0.2, 0.25) is 5.91 Å². The Labute approximate surface area is 167 Å². The molecule has 1 saturated heterocycles. The quantitative estimate of drug-likeness (QED) is 0.769. The van der Waals surface area contributed by atoms with Gasteiger partial charge in [-0.15, -0.1) is 10.2 Å². The van der Waals surface area contributed by atoms with E-state index in [9.17, 15) is 18.0 Å². The highest BCUT2D eigenvalue weighted by molar-refractivity contribution is 5.79. The zero-order valence-corrected chi connectivity index (χ0v) is 16.2. The highest BCUT2D eigenvalue weighted by atomic mass is 19.4. The zero-order chi connectivity index (χ0) is 20.4. The second-order valence-corrected chi connectivity index (χ2v) is 8.10. The van der Waals surface area contributed by atoms with Crippen LogP contribution in [0.25, 0.3) is 11.4 Å². The van der Waals surface area contributed by atoms with Crippen LogP contribution in [0.3, 0.4) is 0 Å². The van der Waals surface area contributed by atoms with E-state index in [-0.39, 0.29) is 24.2 Å². The molecule has 156 valence electrons. The van der Waals surface area contributed by atoms with Gasteiger partial charge < -0.3 is 9.47 Å². The van der Waals surface area contributed by atoms with Gasteiger partial charge in [0.25, 0.3) is 0 Å². The van der Waals surface area contributed by atoms with Crippen molar-refractivity contribution in [3.63, 3.8) is 0 Å². The average molecular weight is 406 g/mol. The highest BCUT2D eigenvalue weighted by Crippen LogP contribution is 2.31. The van der Waals surface area contributed by atoms with E-state index >= 15 is 0 Å². The number of alkyl halides is 3. The maximum Gasteiger partial charge on any atom is 0.389 e. The standard InChI is InChI=1S/C21H25F3N4O/c22-21(23,24)11-10-15-5-4-12-27(13-15)20(29)17-8-9-18-25-26-19(28(18)14-17)16-6-2-1-3-7-16/h1-3,6-7,15,17H,4-5,8-14H2. The number of piperidine rings is 1. The Hall–Kier alpha value is -2.38. The summed E-state index contributed by atoms with van der Waals surface area (Å²) in [5.41, 5.74) is 0.963. The fraction of sp³-hybridized carbons (Fsp3) is 0.571. The molecule has 2 aromatic rings. The van der Waals surface area contributed by atoms with Crippen LogP contribution in [0.2, 0.25) is 0 Å². The number of nitrogens with zero attached hydrogens (tertiary/aromatic N) is 4. The summed E-state index contributed by atoms with van der Waals surface area (Å²) in [5.74, 6) is 1.46. The molecule has 1 aromatic heterocycles. The molecule has 0 saturated carbocycles. The number of halogens is 3. The predicted molar refractivity (Wildman–Crippen MR) is 102 cm³/mol. The van der Waals surface area contributed by atoms with Gasteiger partial charge in [-0.25, -0.2) is 0 Å². The Morgan fingerprint density at radius 3 is 2.66 bits per heavy atom. The summed E-state index contributed by atoms with van der Waals surface area (Å²) >= 11 is 0. The van der Waals surface area contributed by atoms with Crippen molar-refractivity contribution >= 4 is 5.91 Å². The van der Waals surface area contributed by atoms with Gasteiger partial charge in [-0.05, 0) is 31.6 Å². The number of rotatable bonds is 4. The summed E-state index contributed by atoms with van der Waals surface area (Å²) in [5, 5.41) is 8.60. The summed E-state index contributed by atoms with van der Waals surface area (Å²) in [6, 6.07) is 9.76. The Morgan fingerprint density at radius 2 is 1.90 bits per heavy atom. The van der Waals surface area contributed by atoms with E-state index in [2.05, 4.69) is 10.2 Å². The Bertz CT molecular complexity index is 849. The number of benzene rings is 1. The first-order valence-electron chi connectivity index (χ1n) is 10.2. The van der Waals surface area contributed by atoms with Gasteiger partial charge in [-0.3, -0.25) is 4.79 Å². The van der Waals surface area contributed by atoms with Crippen molar-refractivity contribution in [2.45, 2.75) is 51.2 Å². The monoisotopic (exact) mass is 406 g/mol. The van der Waals surface area contributed by atoms with Gasteiger partial charge in [0.15, 0.2) is 5.82 Å². The van der Waals surface area contributed by atoms with E-state index in [0.717, 1.165) is 30.1 Å². The predicted octanol–water partition coefficient (Wildman–Crippen LogP) is 4.09. The largest absolute Gasteiger partial charge is 0.389 e. The molecule has 1 amide bonds. The molecule has 0 spiro atoms. The van der Waals surface area contributed by atoms with Crippen molar-refractivity contribution in [1.82, 2.24) is 19.7 Å². The number of carbonyl (C=O) groups excluding carboxylic acids is 1. The summed E-state index contributed by atoms with van der Waals surface area (Å²) in [6.07, 6.45) is -1.88. The smallest absolute Gasteiger partial charge is 0.342 e. The summed E-state index contributed by atoms with van der Waals surface area (Å²) in [7, 11) is 0. The summed E-state index contributed by atoms with van der Waals surface area (Å²) < 4.78 is 39.7. The van der Waals surface area contributed by atoms with E-state index in [0.29, 0.717) is 32.5 Å². The second-order valence-electron chi connectivity index (χ2n) is 8.10. The van der Waals surface area contributed by atoms with Crippen LogP contribution in [-0.4, -0.2) is 44.8 Å². The third kappa shape index (κ3) is 4.62. The molecule has 2 aliphatic heterocycles. The first-order chi connectivity index (χ1) is 13.9. The lowest BCUT2D eigenvalue weighted by atomic mass is 9.91. The molecule has 1 aromatic carbocycles. The number of amides is 1. The molecule has 29 heavy (non-hydrogen) atoms. The van der Waals surface area contributed by atoms with Crippen LogP contribution >= 0.6 is 0 Å². The maximum atomic E-state index is 13.1. The van der Waals surface area contributed by atoms with E-state index < -0.39 is 12.6 Å². The lowest BCUT2D eigenvalue weighted by Gasteiger charge is -2.36. The Morgan fingerprint density at radius 1 is 1.10 bits per heavy atom. The minimum absolute atomic E-state index is 0.0556. The Balaban J connectivity index is 1.43. The molecule has 2 unspecified atom stereocenters. The van der Waals surface area contributed by atoms with Crippen molar-refractivity contribution in [3.05, 3.63) is 36.2 Å². The van der Waals surface area contributed by atoms with Gasteiger partial charge in [0, 0.05) is 38.0 Å². The van der Waals surface area contributed by atoms with Crippen LogP contribution in [0.5, 0.6) is 0 Å². The van der Waals surface area contributed by atoms with Gasteiger partial charge in [0.1, 0.15) is 5.82 Å². The molecule has 4 rings (SSSR count). The van der Waals surface area contributed by atoms with E-state index in [4.69, 9.17) is 0 Å². The molecular weight excluding hydrogens is 381 g/mol. The minimum Gasteiger partial charge on any atom is -0.342 e. The number of aromatic nitrogens is 3. The maximum absolute atomic E-state index is 13.1. The number of carbonyl (C=O) groups is 1. The van der Waals surface area contributed by atoms with Crippen LogP contribution in [0, 0.1) is 11.8 Å². The SMILES string of the molecule is O=C(C1CCc2nnc(-c3ccccc3)n2C1)N1CCCC(CCC(F)(F)F)C1. The van der Waals surface area contributed by atoms with Gasteiger partial charge in [0.05, 0.1) is 5.92 Å². The fourth-order valence-corrected chi connectivity index (χ4v) is 4.46. The third-order valence-corrected chi connectivity index (χ3v) is 5.99. The van der Waals surface area contributed by atoms with Crippen molar-refractivity contribution in [1.29, 1.82) is 0 Å². The molecule has 3 heterocycles. The molecule has 2 aliphatic rings. The van der Waals surface area contributed by atoms with Gasteiger partial charge >= 0.3 is 6.18 Å². The topological polar surface area (TPSA) is 51.0 Å². The fourth-order valence-electron chi connectivity index (χ4n) is 4.46. The van der Waals surface area contributed by atoms with Crippen LogP contribution in [0.4, 0.5) is 13.2 Å². The number of likely N-dealkylation sites (tertiary alicyclic amines) is 1. The normalized spacial score (nSPS) is 22.4. The molecule has 8 heteroatoms. The molecule has 0 bridgehead atoms. The number of hydrogen-bond donors (Lipinski definition) is 0. The van der Waals surface area contributed by atoms with E-state index in [1.165, 1.54) is 0 Å². The summed E-state index contributed by atoms with van der Waals surface area (Å²) in [4.78, 5) is 14.9. The Kier molecular flexibility index (Phi) is 5.61. The first-order valence-corrected chi connectivity index (χ1v) is 10.2. The second kappa shape index (κ2) is 8.16. The molecule has 0 radical (unpaired) electrons. The summed E-state index contributed by atoms with van der Waals surface area (Å²) in [6.45, 7) is 1.60. The molecule has 0 aliphatic carbocycles. The number of aryl methyl sites for hydroxylation is 1. The van der Waals surface area contributed by atoms with Crippen LogP contribution < -0.4 is 0 Å². The van der Waals surface area contributed by atoms with Crippen LogP contribution in [0.15, 0.2) is 30.3 Å². The molecule has 5 nitrogen and oxygen atoms in total. The lowest BCUT2D eigenvalue weighted by Crippen LogP contribution is -2.45. The lowest BCUT2D eigenvalue weighted by molar-refractivity contribution is -0.142. The van der Waals surface area contributed by atoms with Crippen molar-refractivity contribution in [2.24, 2.45) is 11.8 Å². The minimum atomic E-state index is -4.13. The van der Waals surface area contributed by atoms with E-state index in [1.54, 1.807) is 4.90 Å². The molecule has 0 N–H and O–H groups in total. The number of hydrogen-bond acceptors (Lipinski definition) is 3. The molecule has 2 atom stereocenters. The van der Waals surface area contributed by atoms with Crippen LogP contribution in [-0.2, 0) is 17.8 Å².